The number of anilines is 1. The summed E-state index contributed by atoms with van der Waals surface area (Å²) in [5, 5.41) is 25.6. The predicted octanol–water partition coefficient (Wildman–Crippen LogP) is 3.23. The van der Waals surface area contributed by atoms with Crippen molar-refractivity contribution in [2.75, 3.05) is 18.5 Å². The molecule has 2 aromatic carbocycles. The molecule has 0 unspecified atom stereocenters. The zero-order valence-electron chi connectivity index (χ0n) is 16.1. The number of phenolic OH excluding ortho intramolecular Hbond substituents is 1. The summed E-state index contributed by atoms with van der Waals surface area (Å²) < 4.78 is 26.7. The number of sulfonamides is 1. The van der Waals surface area contributed by atoms with Crippen LogP contribution in [0.1, 0.15) is 30.9 Å². The highest BCUT2D eigenvalue weighted by molar-refractivity contribution is 7.89. The molecule has 1 aliphatic rings. The number of nitro groups is 1. The molecule has 0 radical (unpaired) electrons. The Bertz CT molecular complexity index is 1080. The number of hydrazone groups is 1. The maximum Gasteiger partial charge on any atom is 0.295 e. The first-order valence-corrected chi connectivity index (χ1v) is 10.5. The van der Waals surface area contributed by atoms with Crippen molar-refractivity contribution >= 4 is 27.1 Å². The minimum atomic E-state index is -3.76. The summed E-state index contributed by atoms with van der Waals surface area (Å²) in [6.45, 7) is 4.35. The summed E-state index contributed by atoms with van der Waals surface area (Å²) in [6, 6.07) is 8.75. The lowest BCUT2D eigenvalue weighted by molar-refractivity contribution is -0.384. The molecular weight excluding hydrogens is 396 g/mol. The first-order chi connectivity index (χ1) is 13.7. The molecule has 0 bridgehead atoms. The Hall–Kier alpha value is -2.98. The molecule has 154 valence electrons. The van der Waals surface area contributed by atoms with E-state index in [-0.39, 0.29) is 16.3 Å². The van der Waals surface area contributed by atoms with Gasteiger partial charge in [0.15, 0.2) is 0 Å². The van der Waals surface area contributed by atoms with Gasteiger partial charge < -0.3 is 5.11 Å². The summed E-state index contributed by atoms with van der Waals surface area (Å²) in [5.41, 5.74) is 4.12. The van der Waals surface area contributed by atoms with Gasteiger partial charge >= 0.3 is 0 Å². The van der Waals surface area contributed by atoms with Gasteiger partial charge in [0.05, 0.1) is 15.5 Å². The number of nitro benzene ring substituents is 1. The van der Waals surface area contributed by atoms with E-state index in [1.54, 1.807) is 25.1 Å². The van der Waals surface area contributed by atoms with Crippen LogP contribution in [0.5, 0.6) is 5.75 Å². The van der Waals surface area contributed by atoms with Crippen molar-refractivity contribution in [2.45, 2.75) is 31.6 Å². The highest BCUT2D eigenvalue weighted by Crippen LogP contribution is 2.30. The molecule has 1 fully saturated rings. The summed E-state index contributed by atoms with van der Waals surface area (Å²) >= 11 is 0. The van der Waals surface area contributed by atoms with Gasteiger partial charge in [0.1, 0.15) is 11.4 Å². The molecule has 29 heavy (non-hydrogen) atoms. The number of aromatic hydroxyl groups is 1. The van der Waals surface area contributed by atoms with Crippen molar-refractivity contribution < 1.29 is 18.4 Å². The maximum absolute atomic E-state index is 12.7. The van der Waals surface area contributed by atoms with E-state index in [0.717, 1.165) is 24.5 Å². The molecular formula is C19H22N4O5S. The number of phenols is 1. The van der Waals surface area contributed by atoms with E-state index in [9.17, 15) is 23.6 Å². The average Bonchev–Trinajstić information content (AvgIpc) is 3.23. The van der Waals surface area contributed by atoms with Gasteiger partial charge in [-0.2, -0.15) is 9.41 Å². The zero-order valence-corrected chi connectivity index (χ0v) is 16.9. The highest BCUT2D eigenvalue weighted by Gasteiger charge is 2.29. The normalized spacial score (nSPS) is 15.4. The fourth-order valence-corrected chi connectivity index (χ4v) is 4.68. The molecule has 0 atom stereocenters. The van der Waals surface area contributed by atoms with E-state index in [2.05, 4.69) is 10.5 Å². The van der Waals surface area contributed by atoms with Gasteiger partial charge in [0, 0.05) is 24.7 Å². The first-order valence-electron chi connectivity index (χ1n) is 9.09. The SMILES string of the molecule is C/C(=N\Nc1ccc(S(=O)(=O)N2CCCC2)cc1[N+](=O)[O-])c1cc(C)ccc1O. The van der Waals surface area contributed by atoms with Crippen molar-refractivity contribution in [1.82, 2.24) is 4.31 Å². The summed E-state index contributed by atoms with van der Waals surface area (Å²) in [7, 11) is -3.76. The lowest BCUT2D eigenvalue weighted by atomic mass is 10.1. The van der Waals surface area contributed by atoms with Crippen LogP contribution in [0.4, 0.5) is 11.4 Å². The van der Waals surface area contributed by atoms with Crippen LogP contribution in [0.15, 0.2) is 46.4 Å². The summed E-state index contributed by atoms with van der Waals surface area (Å²) in [6.07, 6.45) is 1.56. The van der Waals surface area contributed by atoms with Gasteiger partial charge in [-0.3, -0.25) is 15.5 Å². The number of hydrogen-bond donors (Lipinski definition) is 2. The molecule has 2 aromatic rings. The van der Waals surface area contributed by atoms with Crippen LogP contribution >= 0.6 is 0 Å². The Labute approximate surface area is 168 Å². The monoisotopic (exact) mass is 418 g/mol. The quantitative estimate of drug-likeness (QED) is 0.421. The lowest BCUT2D eigenvalue weighted by Crippen LogP contribution is -2.27. The Morgan fingerprint density at radius 2 is 1.90 bits per heavy atom. The smallest absolute Gasteiger partial charge is 0.295 e. The largest absolute Gasteiger partial charge is 0.507 e. The summed E-state index contributed by atoms with van der Waals surface area (Å²) in [4.78, 5) is 10.7. The van der Waals surface area contributed by atoms with Crippen LogP contribution in [0.3, 0.4) is 0 Å². The Morgan fingerprint density at radius 3 is 2.55 bits per heavy atom. The zero-order chi connectivity index (χ0) is 21.2. The van der Waals surface area contributed by atoms with E-state index in [1.807, 2.05) is 6.92 Å². The van der Waals surface area contributed by atoms with E-state index in [4.69, 9.17) is 0 Å². The van der Waals surface area contributed by atoms with Crippen molar-refractivity contribution in [3.05, 3.63) is 57.6 Å². The van der Waals surface area contributed by atoms with E-state index in [1.165, 1.54) is 16.4 Å². The van der Waals surface area contributed by atoms with Crippen molar-refractivity contribution in [1.29, 1.82) is 0 Å². The second kappa shape index (κ2) is 8.18. The van der Waals surface area contributed by atoms with E-state index in [0.29, 0.717) is 24.4 Å². The molecule has 0 aromatic heterocycles. The van der Waals surface area contributed by atoms with Crippen LogP contribution in [0.25, 0.3) is 0 Å². The molecule has 3 rings (SSSR count). The van der Waals surface area contributed by atoms with Crippen LogP contribution in [-0.4, -0.2) is 41.6 Å². The topological polar surface area (TPSA) is 125 Å². The van der Waals surface area contributed by atoms with Crippen molar-refractivity contribution in [3.8, 4) is 5.75 Å². The highest BCUT2D eigenvalue weighted by atomic mass is 32.2. The van der Waals surface area contributed by atoms with E-state index >= 15 is 0 Å². The second-order valence-electron chi connectivity index (χ2n) is 6.88. The molecule has 9 nitrogen and oxygen atoms in total. The van der Waals surface area contributed by atoms with Crippen LogP contribution in [0.2, 0.25) is 0 Å². The minimum absolute atomic E-state index is 0.0419. The van der Waals surface area contributed by atoms with Crippen LogP contribution in [0, 0.1) is 17.0 Å². The standard InChI is InChI=1S/C19H22N4O5S/c1-13-5-8-19(24)16(11-13)14(2)20-21-17-7-6-15(12-18(17)23(25)26)29(27,28)22-9-3-4-10-22/h5-8,11-12,21,24H,3-4,9-10H2,1-2H3/b20-14+. The minimum Gasteiger partial charge on any atom is -0.507 e. The summed E-state index contributed by atoms with van der Waals surface area (Å²) in [5.74, 6) is 0.0419. The number of rotatable bonds is 6. The molecule has 0 amide bonds. The Morgan fingerprint density at radius 1 is 1.21 bits per heavy atom. The van der Waals surface area contributed by atoms with Gasteiger partial charge in [0.25, 0.3) is 5.69 Å². The molecule has 1 aliphatic heterocycles. The number of aryl methyl sites for hydroxylation is 1. The molecule has 0 spiro atoms. The fraction of sp³-hybridized carbons (Fsp3) is 0.316. The van der Waals surface area contributed by atoms with Crippen LogP contribution < -0.4 is 5.43 Å². The lowest BCUT2D eigenvalue weighted by Gasteiger charge is -2.15. The first kappa shape index (κ1) is 20.7. The Balaban J connectivity index is 1.92. The van der Waals surface area contributed by atoms with Gasteiger partial charge in [-0.1, -0.05) is 11.6 Å². The second-order valence-corrected chi connectivity index (χ2v) is 8.81. The maximum atomic E-state index is 12.7. The number of hydrogen-bond acceptors (Lipinski definition) is 7. The third kappa shape index (κ3) is 4.38. The Kier molecular flexibility index (Phi) is 5.85. The van der Waals surface area contributed by atoms with Gasteiger partial charge in [-0.15, -0.1) is 0 Å². The predicted molar refractivity (Wildman–Crippen MR) is 110 cm³/mol. The van der Waals surface area contributed by atoms with Crippen molar-refractivity contribution in [2.24, 2.45) is 5.10 Å². The molecule has 2 N–H and O–H groups in total. The van der Waals surface area contributed by atoms with Gasteiger partial charge in [-0.05, 0) is 51.0 Å². The van der Waals surface area contributed by atoms with Crippen molar-refractivity contribution in [3.63, 3.8) is 0 Å². The molecule has 1 saturated heterocycles. The van der Waals surface area contributed by atoms with Gasteiger partial charge in [0.2, 0.25) is 10.0 Å². The molecule has 0 aliphatic carbocycles. The third-order valence-electron chi connectivity index (χ3n) is 4.75. The van der Waals surface area contributed by atoms with Crippen LogP contribution in [-0.2, 0) is 10.0 Å². The van der Waals surface area contributed by atoms with Gasteiger partial charge in [-0.25, -0.2) is 8.42 Å². The number of nitrogens with one attached hydrogen (secondary N) is 1. The van der Waals surface area contributed by atoms with E-state index < -0.39 is 20.6 Å². The number of nitrogens with zero attached hydrogens (tertiary/aromatic N) is 3. The fourth-order valence-electron chi connectivity index (χ4n) is 3.14. The number of benzene rings is 2. The molecule has 10 heteroatoms. The molecule has 0 saturated carbocycles. The average molecular weight is 418 g/mol. The third-order valence-corrected chi connectivity index (χ3v) is 6.65. The molecule has 1 heterocycles.